The van der Waals surface area contributed by atoms with E-state index < -0.39 is 5.97 Å². The Kier molecular flexibility index (Phi) is 5.31. The number of methoxy groups -OCH3 is 1. The molecule has 0 radical (unpaired) electrons. The van der Waals surface area contributed by atoms with Crippen LogP contribution in [0.3, 0.4) is 0 Å². The third-order valence-electron chi connectivity index (χ3n) is 4.50. The number of carboxylic acid groups (broad SMARTS) is 1. The second-order valence-corrected chi connectivity index (χ2v) is 6.03. The Morgan fingerprint density at radius 3 is 2.65 bits per heavy atom. The van der Waals surface area contributed by atoms with Gasteiger partial charge >= 0.3 is 12.0 Å². The number of aromatic carboxylic acids is 1. The lowest BCUT2D eigenvalue weighted by Crippen LogP contribution is -2.40. The van der Waals surface area contributed by atoms with Gasteiger partial charge in [0, 0.05) is 19.2 Å². The fourth-order valence-corrected chi connectivity index (χ4v) is 3.15. The van der Waals surface area contributed by atoms with Gasteiger partial charge in [-0.1, -0.05) is 18.2 Å². The summed E-state index contributed by atoms with van der Waals surface area (Å²) < 4.78 is 5.01. The molecule has 0 saturated carbocycles. The number of rotatable bonds is 4. The number of carbonyl (C=O) groups is 2. The van der Waals surface area contributed by atoms with Gasteiger partial charge in [0.25, 0.3) is 0 Å². The Morgan fingerprint density at radius 2 is 1.96 bits per heavy atom. The summed E-state index contributed by atoms with van der Waals surface area (Å²) >= 11 is 0. The topological polar surface area (TPSA) is 105 Å². The van der Waals surface area contributed by atoms with Crippen molar-refractivity contribution in [3.05, 3.63) is 47.8 Å². The van der Waals surface area contributed by atoms with Gasteiger partial charge in [-0.15, -0.1) is 0 Å². The van der Waals surface area contributed by atoms with Crippen LogP contribution in [-0.4, -0.2) is 52.2 Å². The molecule has 1 aliphatic heterocycles. The minimum atomic E-state index is -0.918. The predicted molar refractivity (Wildman–Crippen MR) is 94.6 cm³/mol. The third-order valence-corrected chi connectivity index (χ3v) is 4.50. The summed E-state index contributed by atoms with van der Waals surface area (Å²) in [4.78, 5) is 33.4. The number of nitrogens with zero attached hydrogens (tertiary/aromatic N) is 3. The van der Waals surface area contributed by atoms with Crippen LogP contribution in [0, 0.1) is 0 Å². The molecule has 0 bridgehead atoms. The van der Waals surface area contributed by atoms with Crippen LogP contribution < -0.4 is 10.1 Å². The van der Waals surface area contributed by atoms with Gasteiger partial charge in [-0.05, 0) is 30.4 Å². The van der Waals surface area contributed by atoms with Crippen LogP contribution in [0.15, 0.2) is 36.7 Å². The fourth-order valence-electron chi connectivity index (χ4n) is 3.15. The van der Waals surface area contributed by atoms with Crippen LogP contribution in [0.1, 0.15) is 34.7 Å². The molecule has 2 heterocycles. The molecule has 0 unspecified atom stereocenters. The van der Waals surface area contributed by atoms with E-state index in [0.717, 1.165) is 5.56 Å². The first-order chi connectivity index (χ1) is 12.6. The van der Waals surface area contributed by atoms with Gasteiger partial charge in [-0.3, -0.25) is 5.32 Å². The van der Waals surface area contributed by atoms with Gasteiger partial charge < -0.3 is 14.7 Å². The van der Waals surface area contributed by atoms with Crippen LogP contribution >= 0.6 is 0 Å². The minimum Gasteiger partial charge on any atom is -0.481 e. The highest BCUT2D eigenvalue weighted by atomic mass is 16.5. The van der Waals surface area contributed by atoms with E-state index in [1.165, 1.54) is 13.4 Å². The molecule has 3 rings (SSSR count). The van der Waals surface area contributed by atoms with E-state index in [1.54, 1.807) is 23.1 Å². The van der Waals surface area contributed by atoms with Crippen molar-refractivity contribution in [2.45, 2.75) is 18.8 Å². The Balaban J connectivity index is 1.61. The van der Waals surface area contributed by atoms with E-state index in [9.17, 15) is 14.7 Å². The Labute approximate surface area is 150 Å². The maximum Gasteiger partial charge on any atom is 0.335 e. The minimum absolute atomic E-state index is 0.130. The van der Waals surface area contributed by atoms with Crippen LogP contribution in [0.4, 0.5) is 10.6 Å². The lowest BCUT2D eigenvalue weighted by Gasteiger charge is -2.32. The average Bonchev–Trinajstić information content (AvgIpc) is 2.68. The number of hydrogen-bond donors (Lipinski definition) is 2. The number of nitrogens with one attached hydrogen (secondary N) is 1. The molecule has 2 aromatic rings. The molecule has 0 spiro atoms. The number of benzene rings is 1. The monoisotopic (exact) mass is 356 g/mol. The van der Waals surface area contributed by atoms with Crippen LogP contribution in [0.25, 0.3) is 0 Å². The lowest BCUT2D eigenvalue weighted by molar-refractivity contribution is 0.0694. The van der Waals surface area contributed by atoms with Crippen LogP contribution in [0.2, 0.25) is 0 Å². The molecular weight excluding hydrogens is 336 g/mol. The number of aromatic nitrogens is 2. The maximum atomic E-state index is 12.4. The third kappa shape index (κ3) is 3.90. The van der Waals surface area contributed by atoms with Crippen molar-refractivity contribution in [3.8, 4) is 5.88 Å². The largest absolute Gasteiger partial charge is 0.481 e. The van der Waals surface area contributed by atoms with Crippen molar-refractivity contribution in [2.24, 2.45) is 0 Å². The first-order valence-corrected chi connectivity index (χ1v) is 8.32. The summed E-state index contributed by atoms with van der Waals surface area (Å²) in [5, 5.41) is 12.1. The highest BCUT2D eigenvalue weighted by Gasteiger charge is 2.26. The zero-order valence-corrected chi connectivity index (χ0v) is 14.4. The van der Waals surface area contributed by atoms with Crippen molar-refractivity contribution in [1.29, 1.82) is 0 Å². The van der Waals surface area contributed by atoms with Gasteiger partial charge in [-0.2, -0.15) is 0 Å². The van der Waals surface area contributed by atoms with Gasteiger partial charge in [0.2, 0.25) is 5.88 Å². The van der Waals surface area contributed by atoms with Crippen molar-refractivity contribution in [3.63, 3.8) is 0 Å². The smallest absolute Gasteiger partial charge is 0.335 e. The summed E-state index contributed by atoms with van der Waals surface area (Å²) in [5.41, 5.74) is 1.17. The summed E-state index contributed by atoms with van der Waals surface area (Å²) in [6.07, 6.45) is 2.75. The van der Waals surface area contributed by atoms with Crippen molar-refractivity contribution in [2.75, 3.05) is 25.5 Å². The Morgan fingerprint density at radius 1 is 1.23 bits per heavy atom. The summed E-state index contributed by atoms with van der Waals surface area (Å²) in [7, 11) is 1.49. The number of anilines is 1. The number of urea groups is 1. The number of amides is 2. The quantitative estimate of drug-likeness (QED) is 0.872. The second-order valence-electron chi connectivity index (χ2n) is 6.03. The van der Waals surface area contributed by atoms with E-state index >= 15 is 0 Å². The highest BCUT2D eigenvalue weighted by Crippen LogP contribution is 2.30. The van der Waals surface area contributed by atoms with Crippen molar-refractivity contribution in [1.82, 2.24) is 14.9 Å². The number of likely N-dealkylation sites (tertiary alicyclic amines) is 1. The molecule has 26 heavy (non-hydrogen) atoms. The van der Waals surface area contributed by atoms with Crippen LogP contribution in [0.5, 0.6) is 5.88 Å². The molecule has 2 N–H and O–H groups in total. The predicted octanol–water partition coefficient (Wildman–Crippen LogP) is 2.59. The van der Waals surface area contributed by atoms with E-state index in [-0.39, 0.29) is 11.9 Å². The molecule has 1 aromatic heterocycles. The zero-order valence-electron chi connectivity index (χ0n) is 14.4. The molecule has 2 amide bonds. The Bertz CT molecular complexity index is 803. The first kappa shape index (κ1) is 17.7. The SMILES string of the molecule is COc1cc(NC(=O)N2CCC(c3ccccc3C(=O)O)CC2)ncn1. The Hall–Kier alpha value is -3.16. The van der Waals surface area contributed by atoms with Gasteiger partial charge in [-0.25, -0.2) is 19.6 Å². The average molecular weight is 356 g/mol. The van der Waals surface area contributed by atoms with Gasteiger partial charge in [0.1, 0.15) is 12.1 Å². The molecule has 1 saturated heterocycles. The fraction of sp³-hybridized carbons (Fsp3) is 0.333. The van der Waals surface area contributed by atoms with Crippen molar-refractivity contribution >= 4 is 17.8 Å². The van der Waals surface area contributed by atoms with E-state index in [2.05, 4.69) is 15.3 Å². The first-order valence-electron chi connectivity index (χ1n) is 8.32. The molecule has 8 nitrogen and oxygen atoms in total. The highest BCUT2D eigenvalue weighted by molar-refractivity contribution is 5.90. The van der Waals surface area contributed by atoms with Crippen molar-refractivity contribution < 1.29 is 19.4 Å². The van der Waals surface area contributed by atoms with E-state index in [1.807, 2.05) is 12.1 Å². The van der Waals surface area contributed by atoms with Gasteiger partial charge in [0.15, 0.2) is 0 Å². The standard InChI is InChI=1S/C18H20N4O4/c1-26-16-10-15(19-11-20-16)21-18(25)22-8-6-12(7-9-22)13-4-2-3-5-14(13)17(23)24/h2-5,10-12H,6-9H2,1H3,(H,23,24)(H,19,20,21,25). The van der Waals surface area contributed by atoms with Crippen LogP contribution in [-0.2, 0) is 0 Å². The summed E-state index contributed by atoms with van der Waals surface area (Å²) in [5.74, 6) is -0.0385. The zero-order chi connectivity index (χ0) is 18.5. The molecule has 1 fully saturated rings. The number of carboxylic acids is 1. The number of ether oxygens (including phenoxy) is 1. The molecule has 136 valence electrons. The normalized spacial score (nSPS) is 14.7. The molecular formula is C18H20N4O4. The number of hydrogen-bond acceptors (Lipinski definition) is 5. The molecule has 1 aliphatic rings. The second kappa shape index (κ2) is 7.81. The van der Waals surface area contributed by atoms with Gasteiger partial charge in [0.05, 0.1) is 12.7 Å². The molecule has 1 aromatic carbocycles. The lowest BCUT2D eigenvalue weighted by atomic mass is 9.86. The number of piperidine rings is 1. The molecule has 0 aliphatic carbocycles. The molecule has 8 heteroatoms. The number of carbonyl (C=O) groups excluding carboxylic acids is 1. The van der Waals surface area contributed by atoms with E-state index in [4.69, 9.17) is 4.74 Å². The summed E-state index contributed by atoms with van der Waals surface area (Å²) in [6, 6.07) is 8.37. The molecule has 0 atom stereocenters. The summed E-state index contributed by atoms with van der Waals surface area (Å²) in [6.45, 7) is 1.10. The van der Waals surface area contributed by atoms with E-state index in [0.29, 0.717) is 43.2 Å². The maximum absolute atomic E-state index is 12.4.